The molecule has 0 nitrogen and oxygen atoms in total. The van der Waals surface area contributed by atoms with Gasteiger partial charge in [-0.15, -0.1) is 0 Å². The fourth-order valence-electron chi connectivity index (χ4n) is 3.73. The molecule has 0 saturated heterocycles. The van der Waals surface area contributed by atoms with Crippen LogP contribution in [-0.2, 0) is 12.8 Å². The summed E-state index contributed by atoms with van der Waals surface area (Å²) in [6.07, 6.45) is 6.57. The van der Waals surface area contributed by atoms with Gasteiger partial charge in [-0.3, -0.25) is 0 Å². The summed E-state index contributed by atoms with van der Waals surface area (Å²) in [7, 11) is -1.17. The molecule has 0 aromatic heterocycles. The van der Waals surface area contributed by atoms with Crippen molar-refractivity contribution in [2.24, 2.45) is 5.92 Å². The summed E-state index contributed by atoms with van der Waals surface area (Å²) in [6.45, 7) is 12.2. The normalized spacial score (nSPS) is 21.6. The van der Waals surface area contributed by atoms with E-state index < -0.39 is 8.07 Å². The third-order valence-electron chi connectivity index (χ3n) is 4.81. The van der Waals surface area contributed by atoms with Crippen molar-refractivity contribution in [1.82, 2.24) is 0 Å². The van der Waals surface area contributed by atoms with Crippen LogP contribution in [0.2, 0.25) is 19.6 Å². The van der Waals surface area contributed by atoms with E-state index in [9.17, 15) is 0 Å². The van der Waals surface area contributed by atoms with Crippen LogP contribution in [0.15, 0.2) is 18.2 Å². The Kier molecular flexibility index (Phi) is 3.01. The molecule has 0 heterocycles. The predicted molar refractivity (Wildman–Crippen MR) is 87.4 cm³/mol. The smallest absolute Gasteiger partial charge is 0.0566 e. The van der Waals surface area contributed by atoms with Crippen molar-refractivity contribution >= 4 is 13.6 Å². The van der Waals surface area contributed by atoms with Crippen molar-refractivity contribution in [2.75, 3.05) is 0 Å². The van der Waals surface area contributed by atoms with Gasteiger partial charge in [0.2, 0.25) is 0 Å². The lowest BCUT2D eigenvalue weighted by Crippen LogP contribution is -2.28. The van der Waals surface area contributed by atoms with E-state index in [1.54, 1.807) is 27.8 Å². The molecule has 2 aliphatic rings. The maximum atomic E-state index is 2.61. The minimum Gasteiger partial charge on any atom is -0.0756 e. The zero-order valence-electron chi connectivity index (χ0n) is 13.0. The number of rotatable bonds is 2. The number of aryl methyl sites for hydroxylation is 2. The average molecular weight is 270 g/mol. The SMILES string of the molecule is CC(C)C1=CC([Si](C)(C)C)c2cc3c(cc21)CCC3. The summed E-state index contributed by atoms with van der Waals surface area (Å²) in [5.74, 6) is 0.652. The van der Waals surface area contributed by atoms with Crippen molar-refractivity contribution < 1.29 is 0 Å². The van der Waals surface area contributed by atoms with Gasteiger partial charge >= 0.3 is 0 Å². The van der Waals surface area contributed by atoms with E-state index in [0.717, 1.165) is 5.54 Å². The molecule has 0 saturated carbocycles. The summed E-state index contributed by atoms with van der Waals surface area (Å²) in [5, 5.41) is 0. The highest BCUT2D eigenvalue weighted by Gasteiger charge is 2.35. The monoisotopic (exact) mass is 270 g/mol. The molecule has 0 amide bonds. The molecule has 102 valence electrons. The molecule has 1 heteroatoms. The van der Waals surface area contributed by atoms with Crippen LogP contribution in [0.3, 0.4) is 0 Å². The Bertz CT molecular complexity index is 544. The molecule has 2 aliphatic carbocycles. The van der Waals surface area contributed by atoms with Crippen LogP contribution in [0.25, 0.3) is 5.57 Å². The van der Waals surface area contributed by atoms with Crippen molar-refractivity contribution in [2.45, 2.75) is 58.3 Å². The molecule has 1 aromatic carbocycles. The molecule has 1 aromatic rings. The summed E-state index contributed by atoms with van der Waals surface area (Å²) in [6, 6.07) is 5.09. The van der Waals surface area contributed by atoms with Gasteiger partial charge < -0.3 is 0 Å². The van der Waals surface area contributed by atoms with Gasteiger partial charge in [0.05, 0.1) is 8.07 Å². The Morgan fingerprint density at radius 1 is 1.05 bits per heavy atom. The van der Waals surface area contributed by atoms with Gasteiger partial charge in [-0.05, 0) is 58.5 Å². The van der Waals surface area contributed by atoms with E-state index in [2.05, 4.69) is 51.7 Å². The molecule has 0 radical (unpaired) electrons. The highest BCUT2D eigenvalue weighted by molar-refractivity contribution is 6.78. The molecule has 0 fully saturated rings. The lowest BCUT2D eigenvalue weighted by Gasteiger charge is -2.25. The molecule has 19 heavy (non-hydrogen) atoms. The van der Waals surface area contributed by atoms with Gasteiger partial charge in [0.15, 0.2) is 0 Å². The Balaban J connectivity index is 2.16. The van der Waals surface area contributed by atoms with Crippen LogP contribution < -0.4 is 0 Å². The Morgan fingerprint density at radius 3 is 2.26 bits per heavy atom. The topological polar surface area (TPSA) is 0 Å². The molecule has 0 N–H and O–H groups in total. The molecule has 0 aliphatic heterocycles. The van der Waals surface area contributed by atoms with Gasteiger partial charge in [0, 0.05) is 0 Å². The van der Waals surface area contributed by atoms with Crippen molar-refractivity contribution in [3.05, 3.63) is 40.5 Å². The van der Waals surface area contributed by atoms with E-state index in [-0.39, 0.29) is 0 Å². The fourth-order valence-corrected chi connectivity index (χ4v) is 5.58. The molecule has 0 bridgehead atoms. The summed E-state index contributed by atoms with van der Waals surface area (Å²) in [4.78, 5) is 0. The minimum atomic E-state index is -1.17. The summed E-state index contributed by atoms with van der Waals surface area (Å²) < 4.78 is 0. The molecular weight excluding hydrogens is 244 g/mol. The van der Waals surface area contributed by atoms with Gasteiger partial charge in [0.25, 0.3) is 0 Å². The van der Waals surface area contributed by atoms with E-state index in [1.807, 2.05) is 0 Å². The Hall–Kier alpha value is -0.823. The van der Waals surface area contributed by atoms with Crippen LogP contribution in [0.5, 0.6) is 0 Å². The number of fused-ring (bicyclic) bond motifs is 2. The first-order chi connectivity index (χ1) is 8.88. The lowest BCUT2D eigenvalue weighted by molar-refractivity contribution is 0.856. The summed E-state index contributed by atoms with van der Waals surface area (Å²) in [5.41, 5.74) is 8.84. The number of hydrogen-bond donors (Lipinski definition) is 0. The largest absolute Gasteiger partial charge is 0.0756 e. The third kappa shape index (κ3) is 2.12. The van der Waals surface area contributed by atoms with Crippen molar-refractivity contribution in [3.8, 4) is 0 Å². The Morgan fingerprint density at radius 2 is 1.68 bits per heavy atom. The second-order valence-electron chi connectivity index (χ2n) is 7.68. The molecular formula is C18H26Si. The first-order valence-electron chi connectivity index (χ1n) is 7.75. The molecule has 1 atom stereocenters. The quantitative estimate of drug-likeness (QED) is 0.649. The van der Waals surface area contributed by atoms with Crippen LogP contribution >= 0.6 is 0 Å². The van der Waals surface area contributed by atoms with E-state index in [0.29, 0.717) is 5.92 Å². The highest BCUT2D eigenvalue weighted by atomic mass is 28.3. The van der Waals surface area contributed by atoms with Crippen molar-refractivity contribution in [3.63, 3.8) is 0 Å². The molecule has 3 rings (SSSR count). The second-order valence-corrected chi connectivity index (χ2v) is 13.0. The Labute approximate surface area is 118 Å². The van der Waals surface area contributed by atoms with E-state index in [1.165, 1.54) is 19.3 Å². The number of allylic oxidation sites excluding steroid dienone is 2. The van der Waals surface area contributed by atoms with Gasteiger partial charge in [-0.2, -0.15) is 0 Å². The number of benzene rings is 1. The van der Waals surface area contributed by atoms with Crippen LogP contribution in [0.1, 0.15) is 48.1 Å². The predicted octanol–water partition coefficient (Wildman–Crippen LogP) is 5.19. The maximum Gasteiger partial charge on any atom is 0.0566 e. The van der Waals surface area contributed by atoms with E-state index in [4.69, 9.17) is 0 Å². The highest BCUT2D eigenvalue weighted by Crippen LogP contribution is 2.45. The minimum absolute atomic E-state index is 0.652. The maximum absolute atomic E-state index is 2.61. The van der Waals surface area contributed by atoms with Crippen molar-refractivity contribution in [1.29, 1.82) is 0 Å². The lowest BCUT2D eigenvalue weighted by atomic mass is 9.94. The first-order valence-corrected chi connectivity index (χ1v) is 11.3. The zero-order valence-corrected chi connectivity index (χ0v) is 14.0. The fraction of sp³-hybridized carbons (Fsp3) is 0.556. The second kappa shape index (κ2) is 4.34. The third-order valence-corrected chi connectivity index (χ3v) is 7.15. The summed E-state index contributed by atoms with van der Waals surface area (Å²) >= 11 is 0. The van der Waals surface area contributed by atoms with E-state index >= 15 is 0 Å². The number of hydrogen-bond acceptors (Lipinski definition) is 0. The van der Waals surface area contributed by atoms with Gasteiger partial charge in [0.1, 0.15) is 0 Å². The van der Waals surface area contributed by atoms with Gasteiger partial charge in [-0.25, -0.2) is 0 Å². The zero-order chi connectivity index (χ0) is 13.8. The van der Waals surface area contributed by atoms with Crippen LogP contribution in [0, 0.1) is 5.92 Å². The molecule has 0 spiro atoms. The van der Waals surface area contributed by atoms with Crippen LogP contribution in [-0.4, -0.2) is 8.07 Å². The van der Waals surface area contributed by atoms with Gasteiger partial charge in [-0.1, -0.05) is 51.7 Å². The first kappa shape index (κ1) is 13.2. The molecule has 1 unspecified atom stereocenters. The van der Waals surface area contributed by atoms with Crippen LogP contribution in [0.4, 0.5) is 0 Å². The average Bonchev–Trinajstić information content (AvgIpc) is 2.86. The standard InChI is InChI=1S/C18H26Si/c1-12(2)15-11-18(19(3,4)5)17-10-14-8-6-7-13(14)9-16(15)17/h9-12,18H,6-8H2,1-5H3.